The van der Waals surface area contributed by atoms with Crippen LogP contribution in [0.4, 0.5) is 0 Å². The SMILES string of the molecule is Cc1cc(C)c(-c2nc(Br)[nH]c2CC(=O)O)c(C)c1. The predicted molar refractivity (Wildman–Crippen MR) is 77.3 cm³/mol. The van der Waals surface area contributed by atoms with E-state index in [0.717, 1.165) is 16.7 Å². The van der Waals surface area contributed by atoms with E-state index in [1.165, 1.54) is 5.56 Å². The number of hydrogen-bond donors (Lipinski definition) is 2. The number of nitrogens with one attached hydrogen (secondary N) is 1. The topological polar surface area (TPSA) is 66.0 Å². The number of halogens is 1. The fourth-order valence-electron chi connectivity index (χ4n) is 2.42. The third-order valence-electron chi connectivity index (χ3n) is 2.99. The molecule has 0 aliphatic heterocycles. The van der Waals surface area contributed by atoms with Crippen LogP contribution in [0, 0.1) is 20.8 Å². The fourth-order valence-corrected chi connectivity index (χ4v) is 2.83. The number of H-pyrrole nitrogens is 1. The van der Waals surface area contributed by atoms with E-state index >= 15 is 0 Å². The van der Waals surface area contributed by atoms with Gasteiger partial charge in [0.25, 0.3) is 0 Å². The van der Waals surface area contributed by atoms with E-state index in [9.17, 15) is 4.79 Å². The molecule has 2 N–H and O–H groups in total. The van der Waals surface area contributed by atoms with Crippen molar-refractivity contribution in [3.8, 4) is 11.3 Å². The van der Waals surface area contributed by atoms with Crippen molar-refractivity contribution >= 4 is 21.9 Å². The van der Waals surface area contributed by atoms with E-state index in [1.54, 1.807) is 0 Å². The Bertz CT molecular complexity index is 624. The molecule has 0 spiro atoms. The number of carbonyl (C=O) groups is 1. The third-order valence-corrected chi connectivity index (χ3v) is 3.37. The molecule has 0 aliphatic carbocycles. The molecule has 1 aromatic carbocycles. The third kappa shape index (κ3) is 2.87. The van der Waals surface area contributed by atoms with Gasteiger partial charge in [-0.25, -0.2) is 4.98 Å². The maximum atomic E-state index is 10.9. The number of rotatable bonds is 3. The van der Waals surface area contributed by atoms with Crippen molar-refractivity contribution in [3.05, 3.63) is 39.3 Å². The molecule has 0 saturated heterocycles. The molecule has 0 atom stereocenters. The van der Waals surface area contributed by atoms with Gasteiger partial charge in [-0.2, -0.15) is 0 Å². The lowest BCUT2D eigenvalue weighted by Crippen LogP contribution is -2.03. The van der Waals surface area contributed by atoms with Crippen LogP contribution in [-0.4, -0.2) is 21.0 Å². The van der Waals surface area contributed by atoms with Crippen LogP contribution in [0.2, 0.25) is 0 Å². The number of aromatic amines is 1. The Balaban J connectivity index is 2.62. The first-order valence-corrected chi connectivity index (χ1v) is 6.72. The van der Waals surface area contributed by atoms with Gasteiger partial charge in [-0.3, -0.25) is 4.79 Å². The minimum absolute atomic E-state index is 0.0688. The second-order valence-corrected chi connectivity index (χ2v) is 5.45. The van der Waals surface area contributed by atoms with Crippen LogP contribution in [0.15, 0.2) is 16.9 Å². The van der Waals surface area contributed by atoms with Crippen molar-refractivity contribution < 1.29 is 9.90 Å². The largest absolute Gasteiger partial charge is 0.481 e. The van der Waals surface area contributed by atoms with Crippen molar-refractivity contribution in [2.45, 2.75) is 27.2 Å². The molecule has 0 fully saturated rings. The van der Waals surface area contributed by atoms with Crippen molar-refractivity contribution in [1.29, 1.82) is 0 Å². The highest BCUT2D eigenvalue weighted by molar-refractivity contribution is 9.10. The summed E-state index contributed by atoms with van der Waals surface area (Å²) in [5, 5.41) is 8.97. The standard InChI is InChI=1S/C14H15BrN2O2/c1-7-4-8(2)12(9(3)5-7)13-10(6-11(18)19)16-14(15)17-13/h4-5H,6H2,1-3H3,(H,16,17)(H,18,19). The molecule has 0 radical (unpaired) electrons. The van der Waals surface area contributed by atoms with Gasteiger partial charge < -0.3 is 10.1 Å². The fraction of sp³-hybridized carbons (Fsp3) is 0.286. The lowest BCUT2D eigenvalue weighted by Gasteiger charge is -2.10. The van der Waals surface area contributed by atoms with Crippen LogP contribution >= 0.6 is 15.9 Å². The van der Waals surface area contributed by atoms with Crippen LogP contribution in [0.1, 0.15) is 22.4 Å². The maximum absolute atomic E-state index is 10.9. The van der Waals surface area contributed by atoms with Gasteiger partial charge in [0.15, 0.2) is 4.73 Å². The molecule has 4 nitrogen and oxygen atoms in total. The zero-order valence-electron chi connectivity index (χ0n) is 11.0. The van der Waals surface area contributed by atoms with Crippen molar-refractivity contribution in [2.24, 2.45) is 0 Å². The van der Waals surface area contributed by atoms with Gasteiger partial charge in [0.05, 0.1) is 17.8 Å². The Labute approximate surface area is 120 Å². The molecule has 0 unspecified atom stereocenters. The molecule has 1 heterocycles. The summed E-state index contributed by atoms with van der Waals surface area (Å²) in [5.41, 5.74) is 5.72. The number of carboxylic acid groups (broad SMARTS) is 1. The number of aromatic nitrogens is 2. The zero-order valence-corrected chi connectivity index (χ0v) is 12.6. The summed E-state index contributed by atoms with van der Waals surface area (Å²) >= 11 is 3.27. The zero-order chi connectivity index (χ0) is 14.2. The van der Waals surface area contributed by atoms with E-state index in [4.69, 9.17) is 5.11 Å². The molecule has 19 heavy (non-hydrogen) atoms. The normalized spacial score (nSPS) is 10.7. The summed E-state index contributed by atoms with van der Waals surface area (Å²) in [6.07, 6.45) is -0.0688. The monoisotopic (exact) mass is 322 g/mol. The highest BCUT2D eigenvalue weighted by Gasteiger charge is 2.17. The average molecular weight is 323 g/mol. The summed E-state index contributed by atoms with van der Waals surface area (Å²) in [4.78, 5) is 18.3. The van der Waals surface area contributed by atoms with E-state index < -0.39 is 5.97 Å². The van der Waals surface area contributed by atoms with Gasteiger partial charge in [-0.15, -0.1) is 0 Å². The van der Waals surface area contributed by atoms with E-state index in [2.05, 4.69) is 38.0 Å². The quantitative estimate of drug-likeness (QED) is 0.910. The number of imidazole rings is 1. The summed E-state index contributed by atoms with van der Waals surface area (Å²) in [6.45, 7) is 6.08. The molecule has 5 heteroatoms. The smallest absolute Gasteiger partial charge is 0.309 e. The highest BCUT2D eigenvalue weighted by atomic mass is 79.9. The van der Waals surface area contributed by atoms with Gasteiger partial charge in [0, 0.05) is 5.56 Å². The first-order chi connectivity index (χ1) is 8.88. The highest BCUT2D eigenvalue weighted by Crippen LogP contribution is 2.30. The number of carboxylic acids is 1. The molecule has 2 rings (SSSR count). The summed E-state index contributed by atoms with van der Waals surface area (Å²) in [6, 6.07) is 4.16. The summed E-state index contributed by atoms with van der Waals surface area (Å²) in [7, 11) is 0. The molecule has 2 aromatic rings. The molecule has 0 saturated carbocycles. The predicted octanol–water partition coefficient (Wildman–Crippen LogP) is 3.39. The van der Waals surface area contributed by atoms with Gasteiger partial charge in [-0.05, 0) is 47.8 Å². The van der Waals surface area contributed by atoms with Crippen LogP contribution < -0.4 is 0 Å². The molecule has 1 aromatic heterocycles. The van der Waals surface area contributed by atoms with Crippen LogP contribution in [0.5, 0.6) is 0 Å². The first-order valence-electron chi connectivity index (χ1n) is 5.93. The summed E-state index contributed by atoms with van der Waals surface area (Å²) < 4.78 is 0.554. The molecular formula is C14H15BrN2O2. The second-order valence-electron chi connectivity index (χ2n) is 4.70. The number of nitrogens with zero attached hydrogens (tertiary/aromatic N) is 1. The minimum Gasteiger partial charge on any atom is -0.481 e. The Morgan fingerprint density at radius 1 is 1.32 bits per heavy atom. The first kappa shape index (κ1) is 13.8. The lowest BCUT2D eigenvalue weighted by atomic mass is 9.96. The van der Waals surface area contributed by atoms with E-state index in [1.807, 2.05) is 20.8 Å². The number of aliphatic carboxylic acids is 1. The molecular weight excluding hydrogens is 308 g/mol. The minimum atomic E-state index is -0.875. The van der Waals surface area contributed by atoms with Crippen LogP contribution in [0.25, 0.3) is 11.3 Å². The van der Waals surface area contributed by atoms with E-state index in [-0.39, 0.29) is 6.42 Å². The lowest BCUT2D eigenvalue weighted by molar-refractivity contribution is -0.136. The van der Waals surface area contributed by atoms with Crippen molar-refractivity contribution in [1.82, 2.24) is 9.97 Å². The molecule has 100 valence electrons. The van der Waals surface area contributed by atoms with Crippen molar-refractivity contribution in [3.63, 3.8) is 0 Å². The van der Waals surface area contributed by atoms with Gasteiger partial charge in [0.2, 0.25) is 0 Å². The van der Waals surface area contributed by atoms with Gasteiger partial charge in [0.1, 0.15) is 0 Å². The molecule has 0 bridgehead atoms. The number of aryl methyl sites for hydroxylation is 3. The molecule has 0 aliphatic rings. The Morgan fingerprint density at radius 2 is 1.89 bits per heavy atom. The summed E-state index contributed by atoms with van der Waals surface area (Å²) in [5.74, 6) is -0.875. The van der Waals surface area contributed by atoms with Crippen LogP contribution in [0.3, 0.4) is 0 Å². The molecule has 0 amide bonds. The Kier molecular flexibility index (Phi) is 3.75. The van der Waals surface area contributed by atoms with E-state index in [0.29, 0.717) is 16.1 Å². The average Bonchev–Trinajstić information content (AvgIpc) is 2.56. The second kappa shape index (κ2) is 5.17. The number of hydrogen-bond acceptors (Lipinski definition) is 2. The van der Waals surface area contributed by atoms with Crippen molar-refractivity contribution in [2.75, 3.05) is 0 Å². The Hall–Kier alpha value is -1.62. The van der Waals surface area contributed by atoms with Crippen LogP contribution in [-0.2, 0) is 11.2 Å². The van der Waals surface area contributed by atoms with Gasteiger partial charge >= 0.3 is 5.97 Å². The number of benzene rings is 1. The van der Waals surface area contributed by atoms with Gasteiger partial charge in [-0.1, -0.05) is 17.7 Å². The Morgan fingerprint density at radius 3 is 2.42 bits per heavy atom. The maximum Gasteiger partial charge on any atom is 0.309 e.